The molecule has 1 heterocycles. The number of aryl methyl sites for hydroxylation is 1. The Hall–Kier alpha value is -2.02. The molecule has 1 N–H and O–H groups in total. The fourth-order valence-electron chi connectivity index (χ4n) is 1.62. The Kier molecular flexibility index (Phi) is 5.07. The summed E-state index contributed by atoms with van der Waals surface area (Å²) >= 11 is 1.26. The number of nitrogens with one attached hydrogen (secondary N) is 1. The van der Waals surface area contributed by atoms with Crippen molar-refractivity contribution in [1.82, 2.24) is 4.98 Å². The van der Waals surface area contributed by atoms with Gasteiger partial charge in [-0.25, -0.2) is 4.98 Å². The number of thioether (sulfide) groups is 1. The van der Waals surface area contributed by atoms with Gasteiger partial charge in [0.2, 0.25) is 5.91 Å². The number of anilines is 1. The molecule has 2 aromatic rings. The minimum atomic E-state index is -4.38. The second kappa shape index (κ2) is 6.83. The quantitative estimate of drug-likeness (QED) is 0.859. The van der Waals surface area contributed by atoms with Gasteiger partial charge in [0.1, 0.15) is 0 Å². The first-order valence-electron chi connectivity index (χ1n) is 6.37. The molecule has 0 saturated carbocycles. The van der Waals surface area contributed by atoms with E-state index in [1.54, 1.807) is 6.20 Å². The lowest BCUT2D eigenvalue weighted by molar-refractivity contribution is -0.137. The highest BCUT2D eigenvalue weighted by molar-refractivity contribution is 7.99. The maximum absolute atomic E-state index is 12.4. The summed E-state index contributed by atoms with van der Waals surface area (Å²) in [4.78, 5) is 15.9. The van der Waals surface area contributed by atoms with Gasteiger partial charge < -0.3 is 5.32 Å². The van der Waals surface area contributed by atoms with Gasteiger partial charge in [-0.1, -0.05) is 17.8 Å². The van der Waals surface area contributed by atoms with Gasteiger partial charge in [0.05, 0.1) is 16.3 Å². The molecule has 1 aromatic heterocycles. The van der Waals surface area contributed by atoms with Gasteiger partial charge >= 0.3 is 6.18 Å². The molecular weight excluding hydrogens is 313 g/mol. The van der Waals surface area contributed by atoms with Crippen molar-refractivity contribution in [1.29, 1.82) is 0 Å². The van der Waals surface area contributed by atoms with E-state index in [2.05, 4.69) is 10.3 Å². The predicted molar refractivity (Wildman–Crippen MR) is 79.8 cm³/mol. The van der Waals surface area contributed by atoms with E-state index in [0.717, 1.165) is 17.7 Å². The number of rotatable bonds is 4. The Balaban J connectivity index is 1.88. The number of halogens is 3. The number of amides is 1. The summed E-state index contributed by atoms with van der Waals surface area (Å²) in [6, 6.07) is 8.04. The molecule has 0 aliphatic rings. The number of hydrogen-bond acceptors (Lipinski definition) is 3. The molecule has 0 aliphatic heterocycles. The first-order chi connectivity index (χ1) is 10.3. The maximum atomic E-state index is 12.4. The molecule has 1 amide bonds. The summed E-state index contributed by atoms with van der Waals surface area (Å²) in [7, 11) is 0. The van der Waals surface area contributed by atoms with Crippen molar-refractivity contribution in [2.45, 2.75) is 18.1 Å². The van der Waals surface area contributed by atoms with Crippen LogP contribution >= 0.6 is 11.8 Å². The molecule has 116 valence electrons. The van der Waals surface area contributed by atoms with E-state index in [9.17, 15) is 18.0 Å². The van der Waals surface area contributed by atoms with E-state index in [4.69, 9.17) is 0 Å². The van der Waals surface area contributed by atoms with Gasteiger partial charge in [-0.2, -0.15) is 13.2 Å². The average molecular weight is 326 g/mol. The van der Waals surface area contributed by atoms with Crippen molar-refractivity contribution in [3.63, 3.8) is 0 Å². The number of carbonyl (C=O) groups is 1. The molecule has 2 rings (SSSR count). The second-order valence-corrected chi connectivity index (χ2v) is 5.58. The normalized spacial score (nSPS) is 11.3. The smallest absolute Gasteiger partial charge is 0.325 e. The Morgan fingerprint density at radius 1 is 1.18 bits per heavy atom. The monoisotopic (exact) mass is 326 g/mol. The van der Waals surface area contributed by atoms with Gasteiger partial charge in [-0.05, 0) is 42.8 Å². The third-order valence-corrected chi connectivity index (χ3v) is 3.68. The highest BCUT2D eigenvalue weighted by Gasteiger charge is 2.29. The van der Waals surface area contributed by atoms with Crippen LogP contribution in [0.25, 0.3) is 0 Å². The van der Waals surface area contributed by atoms with Crippen LogP contribution in [0.4, 0.5) is 18.9 Å². The number of carbonyl (C=O) groups excluding carboxylic acids is 1. The van der Waals surface area contributed by atoms with E-state index >= 15 is 0 Å². The lowest BCUT2D eigenvalue weighted by Crippen LogP contribution is -2.14. The van der Waals surface area contributed by atoms with Crippen LogP contribution in [0.15, 0.2) is 47.6 Å². The van der Waals surface area contributed by atoms with Gasteiger partial charge in [0.15, 0.2) is 0 Å². The molecule has 22 heavy (non-hydrogen) atoms. The molecule has 0 atom stereocenters. The molecule has 7 heteroatoms. The van der Waals surface area contributed by atoms with Crippen molar-refractivity contribution in [2.24, 2.45) is 0 Å². The Morgan fingerprint density at radius 3 is 2.41 bits per heavy atom. The number of pyridine rings is 1. The lowest BCUT2D eigenvalue weighted by Gasteiger charge is -2.08. The topological polar surface area (TPSA) is 42.0 Å². The maximum Gasteiger partial charge on any atom is 0.416 e. The Labute approximate surface area is 129 Å². The number of aromatic nitrogens is 1. The lowest BCUT2D eigenvalue weighted by atomic mass is 10.2. The van der Waals surface area contributed by atoms with Crippen LogP contribution in [0, 0.1) is 6.92 Å². The molecule has 0 aliphatic carbocycles. The molecule has 3 nitrogen and oxygen atoms in total. The SMILES string of the molecule is Cc1ccc(SCC(=O)Nc2ccc(C(F)(F)F)cc2)nc1. The molecule has 0 bridgehead atoms. The van der Waals surface area contributed by atoms with Crippen LogP contribution in [0.5, 0.6) is 0 Å². The number of hydrogen-bond donors (Lipinski definition) is 1. The van der Waals surface area contributed by atoms with Crippen LogP contribution in [-0.2, 0) is 11.0 Å². The van der Waals surface area contributed by atoms with Crippen molar-refractivity contribution < 1.29 is 18.0 Å². The minimum absolute atomic E-state index is 0.136. The summed E-state index contributed by atoms with van der Waals surface area (Å²) in [6.45, 7) is 1.92. The summed E-state index contributed by atoms with van der Waals surface area (Å²) in [6.07, 6.45) is -2.67. The van der Waals surface area contributed by atoms with E-state index in [1.165, 1.54) is 23.9 Å². The first-order valence-corrected chi connectivity index (χ1v) is 7.36. The van der Waals surface area contributed by atoms with Crippen LogP contribution in [-0.4, -0.2) is 16.6 Å². The van der Waals surface area contributed by atoms with Gasteiger partial charge in [-0.15, -0.1) is 0 Å². The molecular formula is C15H13F3N2OS. The van der Waals surface area contributed by atoms with Gasteiger partial charge in [-0.3, -0.25) is 4.79 Å². The van der Waals surface area contributed by atoms with Gasteiger partial charge in [0.25, 0.3) is 0 Å². The Bertz CT molecular complexity index is 639. The fraction of sp³-hybridized carbons (Fsp3) is 0.200. The van der Waals surface area contributed by atoms with Crippen molar-refractivity contribution in [3.05, 3.63) is 53.7 Å². The minimum Gasteiger partial charge on any atom is -0.325 e. The molecule has 0 radical (unpaired) electrons. The molecule has 1 aromatic carbocycles. The summed E-state index contributed by atoms with van der Waals surface area (Å²) < 4.78 is 37.3. The first kappa shape index (κ1) is 16.4. The highest BCUT2D eigenvalue weighted by Crippen LogP contribution is 2.29. The summed E-state index contributed by atoms with van der Waals surface area (Å²) in [5, 5.41) is 3.26. The predicted octanol–water partition coefficient (Wildman–Crippen LogP) is 4.14. The van der Waals surface area contributed by atoms with Crippen LogP contribution in [0.3, 0.4) is 0 Å². The van der Waals surface area contributed by atoms with Gasteiger partial charge in [0, 0.05) is 11.9 Å². The van der Waals surface area contributed by atoms with Crippen LogP contribution in [0.2, 0.25) is 0 Å². The second-order valence-electron chi connectivity index (χ2n) is 4.59. The zero-order valence-electron chi connectivity index (χ0n) is 11.6. The van der Waals surface area contributed by atoms with E-state index in [0.29, 0.717) is 10.7 Å². The zero-order valence-corrected chi connectivity index (χ0v) is 12.5. The number of benzene rings is 1. The molecule has 0 fully saturated rings. The standard InChI is InChI=1S/C15H13F3N2OS/c1-10-2-7-14(19-8-10)22-9-13(21)20-12-5-3-11(4-6-12)15(16,17)18/h2-8H,9H2,1H3,(H,20,21). The third kappa shape index (κ3) is 4.77. The molecule has 0 unspecified atom stereocenters. The summed E-state index contributed by atoms with van der Waals surface area (Å²) in [5.74, 6) is -0.163. The third-order valence-electron chi connectivity index (χ3n) is 2.73. The van der Waals surface area contributed by atoms with Crippen molar-refractivity contribution in [2.75, 3.05) is 11.1 Å². The fourth-order valence-corrected chi connectivity index (χ4v) is 2.26. The van der Waals surface area contributed by atoms with E-state index < -0.39 is 11.7 Å². The molecule has 0 saturated heterocycles. The number of alkyl halides is 3. The largest absolute Gasteiger partial charge is 0.416 e. The highest BCUT2D eigenvalue weighted by atomic mass is 32.2. The number of nitrogens with zero attached hydrogens (tertiary/aromatic N) is 1. The summed E-state index contributed by atoms with van der Waals surface area (Å²) in [5.41, 5.74) is 0.609. The average Bonchev–Trinajstić information content (AvgIpc) is 2.46. The van der Waals surface area contributed by atoms with Crippen LogP contribution in [0.1, 0.15) is 11.1 Å². The van der Waals surface area contributed by atoms with E-state index in [1.807, 2.05) is 19.1 Å². The van der Waals surface area contributed by atoms with Crippen LogP contribution < -0.4 is 5.32 Å². The Morgan fingerprint density at radius 2 is 1.86 bits per heavy atom. The van der Waals surface area contributed by atoms with E-state index in [-0.39, 0.29) is 11.7 Å². The van der Waals surface area contributed by atoms with Crippen molar-refractivity contribution >= 4 is 23.4 Å². The zero-order chi connectivity index (χ0) is 16.2. The molecule has 0 spiro atoms. The van der Waals surface area contributed by atoms with Crippen molar-refractivity contribution in [3.8, 4) is 0 Å².